The van der Waals surface area contributed by atoms with E-state index in [9.17, 15) is 9.59 Å². The van der Waals surface area contributed by atoms with Crippen LogP contribution in [0.25, 0.3) is 0 Å². The number of carbonyl (C=O) groups is 2. The zero-order valence-electron chi connectivity index (χ0n) is 12.4. The van der Waals surface area contributed by atoms with Crippen molar-refractivity contribution in [3.63, 3.8) is 0 Å². The van der Waals surface area contributed by atoms with Crippen LogP contribution in [0.5, 0.6) is 0 Å². The normalized spacial score (nSPS) is 16.5. The number of benzene rings is 1. The molecule has 5 nitrogen and oxygen atoms in total. The fourth-order valence-corrected chi connectivity index (χ4v) is 5.44. The molecule has 1 unspecified atom stereocenters. The largest absolute Gasteiger partial charge is 0.462 e. The van der Waals surface area contributed by atoms with E-state index >= 15 is 0 Å². The second-order valence-corrected chi connectivity index (χ2v) is 8.10. The van der Waals surface area contributed by atoms with E-state index in [1.807, 2.05) is 0 Å². The molecule has 0 fully saturated rings. The summed E-state index contributed by atoms with van der Waals surface area (Å²) in [5.74, 6) is -0.868. The zero-order chi connectivity index (χ0) is 17.4. The summed E-state index contributed by atoms with van der Waals surface area (Å²) in [6, 6.07) is 5.09. The van der Waals surface area contributed by atoms with Crippen molar-refractivity contribution < 1.29 is 14.3 Å². The summed E-state index contributed by atoms with van der Waals surface area (Å²) in [6.45, 7) is 1.95. The Hall–Kier alpha value is -1.41. The Morgan fingerprint density at radius 2 is 2.17 bits per heavy atom. The smallest absolute Gasteiger partial charge is 0.350 e. The number of halogens is 2. The van der Waals surface area contributed by atoms with Crippen molar-refractivity contribution in [2.75, 3.05) is 12.3 Å². The number of nitrogen functional groups attached to an aromatic ring is 1. The van der Waals surface area contributed by atoms with Gasteiger partial charge in [-0.2, -0.15) is 0 Å². The molecule has 0 bridgehead atoms. The first-order chi connectivity index (χ1) is 11.4. The van der Waals surface area contributed by atoms with E-state index in [2.05, 4.69) is 5.32 Å². The van der Waals surface area contributed by atoms with Gasteiger partial charge in [-0.3, -0.25) is 4.79 Å². The number of hydrogen-bond acceptors (Lipinski definition) is 6. The quantitative estimate of drug-likeness (QED) is 0.745. The maximum atomic E-state index is 12.4. The number of fused-ring (bicyclic) bond motifs is 1. The molecule has 1 aromatic heterocycles. The molecule has 9 heteroatoms. The number of rotatable bonds is 3. The third-order valence-electron chi connectivity index (χ3n) is 3.33. The number of nitrogens with two attached hydrogens (primary N) is 1. The zero-order valence-corrected chi connectivity index (χ0v) is 15.5. The first-order valence-electron chi connectivity index (χ1n) is 6.94. The van der Waals surface area contributed by atoms with E-state index in [1.54, 1.807) is 25.1 Å². The number of amides is 1. The minimum absolute atomic E-state index is 0.152. The lowest BCUT2D eigenvalue weighted by molar-refractivity contribution is 0.0533. The van der Waals surface area contributed by atoms with Crippen LogP contribution in [0.15, 0.2) is 22.4 Å². The summed E-state index contributed by atoms with van der Waals surface area (Å²) in [4.78, 5) is 24.7. The fourth-order valence-electron chi connectivity index (χ4n) is 2.25. The van der Waals surface area contributed by atoms with Gasteiger partial charge in [0.1, 0.15) is 10.3 Å². The highest BCUT2D eigenvalue weighted by atomic mass is 35.5. The van der Waals surface area contributed by atoms with Crippen molar-refractivity contribution in [3.05, 3.63) is 44.2 Å². The summed E-state index contributed by atoms with van der Waals surface area (Å²) in [5.41, 5.74) is 7.17. The summed E-state index contributed by atoms with van der Waals surface area (Å²) >= 11 is 14.7. The van der Waals surface area contributed by atoms with Crippen LogP contribution in [-0.2, 0) is 4.74 Å². The van der Waals surface area contributed by atoms with E-state index in [0.29, 0.717) is 19.8 Å². The lowest BCUT2D eigenvalue weighted by atomic mass is 10.2. The van der Waals surface area contributed by atoms with Crippen molar-refractivity contribution >= 4 is 63.9 Å². The van der Waals surface area contributed by atoms with Crippen LogP contribution in [0.3, 0.4) is 0 Å². The second-order valence-electron chi connectivity index (χ2n) is 4.86. The number of carbonyl (C=O) groups excluding carboxylic acids is 2. The molecule has 24 heavy (non-hydrogen) atoms. The molecule has 2 heterocycles. The van der Waals surface area contributed by atoms with Gasteiger partial charge in [-0.25, -0.2) is 4.79 Å². The number of nitrogens with one attached hydrogen (secondary N) is 1. The number of thiophene rings is 1. The van der Waals surface area contributed by atoms with E-state index < -0.39 is 5.97 Å². The fraction of sp³-hybridized carbons (Fsp3) is 0.200. The minimum Gasteiger partial charge on any atom is -0.462 e. The van der Waals surface area contributed by atoms with Gasteiger partial charge in [0.05, 0.1) is 22.1 Å². The van der Waals surface area contributed by atoms with Crippen LogP contribution < -0.4 is 11.1 Å². The highest BCUT2D eigenvalue weighted by Crippen LogP contribution is 2.48. The number of anilines is 1. The Morgan fingerprint density at radius 1 is 1.42 bits per heavy atom. The van der Waals surface area contributed by atoms with Crippen molar-refractivity contribution in [3.8, 4) is 0 Å². The second kappa shape index (κ2) is 6.84. The third-order valence-corrected chi connectivity index (χ3v) is 6.44. The van der Waals surface area contributed by atoms with Crippen LogP contribution in [0.1, 0.15) is 37.9 Å². The predicted molar refractivity (Wildman–Crippen MR) is 97.2 cm³/mol. The van der Waals surface area contributed by atoms with Gasteiger partial charge in [-0.1, -0.05) is 41.0 Å². The van der Waals surface area contributed by atoms with Crippen molar-refractivity contribution in [1.29, 1.82) is 0 Å². The predicted octanol–water partition coefficient (Wildman–Crippen LogP) is 4.35. The number of ether oxygens (including phenoxy) is 1. The molecule has 0 radical (unpaired) electrons. The van der Waals surface area contributed by atoms with Gasteiger partial charge in [0, 0.05) is 15.6 Å². The lowest BCUT2D eigenvalue weighted by Crippen LogP contribution is -2.30. The molecular weight excluding hydrogens is 391 g/mol. The van der Waals surface area contributed by atoms with Crippen LogP contribution in [0.4, 0.5) is 5.69 Å². The van der Waals surface area contributed by atoms with Crippen LogP contribution in [0, 0.1) is 0 Å². The van der Waals surface area contributed by atoms with Crippen LogP contribution >= 0.6 is 46.3 Å². The van der Waals surface area contributed by atoms with E-state index in [4.69, 9.17) is 33.7 Å². The van der Waals surface area contributed by atoms with Crippen molar-refractivity contribution in [1.82, 2.24) is 5.32 Å². The highest BCUT2D eigenvalue weighted by molar-refractivity contribution is 8.01. The van der Waals surface area contributed by atoms with Gasteiger partial charge in [0.2, 0.25) is 0 Å². The number of hydrogen-bond donors (Lipinski definition) is 2. The molecule has 1 atom stereocenters. The lowest BCUT2D eigenvalue weighted by Gasteiger charge is -2.24. The first kappa shape index (κ1) is 17.4. The Kier molecular flexibility index (Phi) is 4.96. The average molecular weight is 403 g/mol. The standard InChI is InChI=1S/C15H12Cl2N2O3S2/c1-2-22-14(21)11-10(18)9-12(20)19-13(24-15(9)23-11)7-4-3-6(16)5-8(7)17/h3-5,13H,2,18H2,1H3,(H,19,20). The van der Waals surface area contributed by atoms with E-state index in [1.165, 1.54) is 11.8 Å². The molecule has 126 valence electrons. The summed E-state index contributed by atoms with van der Waals surface area (Å²) in [7, 11) is 0. The van der Waals surface area contributed by atoms with Gasteiger partial charge >= 0.3 is 5.97 Å². The molecule has 1 aliphatic rings. The number of esters is 1. The van der Waals surface area contributed by atoms with Crippen LogP contribution in [-0.4, -0.2) is 18.5 Å². The molecule has 0 spiro atoms. The molecule has 0 saturated carbocycles. The van der Waals surface area contributed by atoms with E-state index in [0.717, 1.165) is 16.9 Å². The summed E-state index contributed by atoms with van der Waals surface area (Å²) in [6.07, 6.45) is 0. The molecule has 3 N–H and O–H groups in total. The summed E-state index contributed by atoms with van der Waals surface area (Å²) < 4.78 is 5.64. The molecule has 1 aliphatic heterocycles. The maximum Gasteiger partial charge on any atom is 0.350 e. The molecular formula is C15H12Cl2N2O3S2. The molecule has 1 amide bonds. The van der Waals surface area contributed by atoms with Crippen molar-refractivity contribution in [2.45, 2.75) is 16.5 Å². The topological polar surface area (TPSA) is 81.4 Å². The maximum absolute atomic E-state index is 12.4. The van der Waals surface area contributed by atoms with Crippen molar-refractivity contribution in [2.24, 2.45) is 0 Å². The number of thioether (sulfide) groups is 1. The monoisotopic (exact) mass is 402 g/mol. The van der Waals surface area contributed by atoms with Gasteiger partial charge in [0.15, 0.2) is 0 Å². The molecule has 3 rings (SSSR count). The summed E-state index contributed by atoms with van der Waals surface area (Å²) in [5, 5.41) is 3.43. The van der Waals surface area contributed by atoms with Gasteiger partial charge in [0.25, 0.3) is 5.91 Å². The molecule has 1 aromatic carbocycles. The molecule has 0 saturated heterocycles. The van der Waals surface area contributed by atoms with Gasteiger partial charge in [-0.15, -0.1) is 11.3 Å². The highest BCUT2D eigenvalue weighted by Gasteiger charge is 2.34. The Balaban J connectivity index is 1.97. The molecule has 2 aromatic rings. The third kappa shape index (κ3) is 3.09. The Bertz CT molecular complexity index is 838. The Labute approximate surface area is 156 Å². The SMILES string of the molecule is CCOC(=O)c1sc2c(c1N)C(=O)NC(c1ccc(Cl)cc1Cl)S2. The van der Waals surface area contributed by atoms with Crippen LogP contribution in [0.2, 0.25) is 10.0 Å². The van der Waals surface area contributed by atoms with Gasteiger partial charge in [-0.05, 0) is 19.1 Å². The Morgan fingerprint density at radius 3 is 2.83 bits per heavy atom. The average Bonchev–Trinajstić information content (AvgIpc) is 2.85. The molecule has 0 aliphatic carbocycles. The van der Waals surface area contributed by atoms with E-state index in [-0.39, 0.29) is 28.5 Å². The van der Waals surface area contributed by atoms with Gasteiger partial charge < -0.3 is 15.8 Å². The minimum atomic E-state index is -0.524. The first-order valence-corrected chi connectivity index (χ1v) is 9.39.